The van der Waals surface area contributed by atoms with Crippen LogP contribution >= 0.6 is 23.2 Å². The minimum Gasteiger partial charge on any atom is -0.383 e. The van der Waals surface area contributed by atoms with Gasteiger partial charge in [-0.1, -0.05) is 49.9 Å². The molecule has 0 radical (unpaired) electrons. The van der Waals surface area contributed by atoms with Gasteiger partial charge in [-0.05, 0) is 30.5 Å². The molecule has 1 atom stereocenters. The maximum Gasteiger partial charge on any atom is 0.0655 e. The van der Waals surface area contributed by atoms with E-state index in [0.717, 1.165) is 28.7 Å². The molecule has 3 heteroatoms. The number of hydrogen-bond acceptors (Lipinski definition) is 1. The molecule has 1 aromatic carbocycles. The molecule has 1 unspecified atom stereocenters. The van der Waals surface area contributed by atoms with Crippen LogP contribution in [0, 0.1) is 0 Å². The van der Waals surface area contributed by atoms with Crippen molar-refractivity contribution in [2.45, 2.75) is 44.9 Å². The lowest BCUT2D eigenvalue weighted by atomic mass is 9.76. The van der Waals surface area contributed by atoms with E-state index < -0.39 is 0 Å². The van der Waals surface area contributed by atoms with Gasteiger partial charge in [0.25, 0.3) is 0 Å². The smallest absolute Gasteiger partial charge is 0.0655 e. The highest BCUT2D eigenvalue weighted by Crippen LogP contribution is 2.46. The predicted molar refractivity (Wildman–Crippen MR) is 76.4 cm³/mol. The fourth-order valence-corrected chi connectivity index (χ4v) is 3.32. The molecular weight excluding hydrogens is 253 g/mol. The van der Waals surface area contributed by atoms with Crippen LogP contribution in [0.2, 0.25) is 10.0 Å². The van der Waals surface area contributed by atoms with E-state index in [-0.39, 0.29) is 5.41 Å². The first kappa shape index (κ1) is 13.0. The lowest BCUT2D eigenvalue weighted by Gasteiger charge is -2.28. The molecule has 94 valence electrons. The number of fused-ring (bicyclic) bond motifs is 1. The Morgan fingerprint density at radius 2 is 2.06 bits per heavy atom. The van der Waals surface area contributed by atoms with Crippen molar-refractivity contribution in [3.05, 3.63) is 27.7 Å². The maximum atomic E-state index is 6.25. The molecule has 0 aromatic heterocycles. The highest BCUT2D eigenvalue weighted by molar-refractivity contribution is 6.36. The van der Waals surface area contributed by atoms with Crippen molar-refractivity contribution in [1.29, 1.82) is 0 Å². The molecule has 1 aliphatic rings. The number of nitrogens with one attached hydrogen (secondary N) is 1. The molecule has 1 aromatic rings. The van der Waals surface area contributed by atoms with Crippen LogP contribution in [0.5, 0.6) is 0 Å². The number of anilines is 1. The summed E-state index contributed by atoms with van der Waals surface area (Å²) in [5.41, 5.74) is 2.62. The van der Waals surface area contributed by atoms with Gasteiger partial charge in [0, 0.05) is 17.0 Å². The van der Waals surface area contributed by atoms with E-state index in [9.17, 15) is 0 Å². The first-order valence-electron chi connectivity index (χ1n) is 6.36. The van der Waals surface area contributed by atoms with Crippen LogP contribution in [-0.4, -0.2) is 6.54 Å². The van der Waals surface area contributed by atoms with Crippen LogP contribution < -0.4 is 5.32 Å². The maximum absolute atomic E-state index is 6.25. The second-order valence-corrected chi connectivity index (χ2v) is 5.74. The Morgan fingerprint density at radius 3 is 2.71 bits per heavy atom. The van der Waals surface area contributed by atoms with E-state index in [1.165, 1.54) is 24.8 Å². The molecule has 1 N–H and O–H groups in total. The fraction of sp³-hybridized carbons (Fsp3) is 0.571. The highest BCUT2D eigenvalue weighted by atomic mass is 35.5. The Bertz CT molecular complexity index is 417. The van der Waals surface area contributed by atoms with Gasteiger partial charge in [0.1, 0.15) is 0 Å². The largest absolute Gasteiger partial charge is 0.383 e. The number of hydrogen-bond donors (Lipinski definition) is 1. The van der Waals surface area contributed by atoms with Gasteiger partial charge in [-0.3, -0.25) is 0 Å². The van der Waals surface area contributed by atoms with Crippen LogP contribution in [-0.2, 0) is 5.41 Å². The van der Waals surface area contributed by atoms with Crippen LogP contribution in [0.4, 0.5) is 5.69 Å². The molecule has 0 spiro atoms. The Hall–Kier alpha value is -0.400. The van der Waals surface area contributed by atoms with Crippen molar-refractivity contribution in [2.75, 3.05) is 11.9 Å². The fourth-order valence-electron chi connectivity index (χ4n) is 2.75. The average molecular weight is 272 g/mol. The van der Waals surface area contributed by atoms with Crippen LogP contribution in [0.3, 0.4) is 0 Å². The van der Waals surface area contributed by atoms with Crippen molar-refractivity contribution in [2.24, 2.45) is 0 Å². The molecule has 0 amide bonds. The van der Waals surface area contributed by atoms with E-state index in [4.69, 9.17) is 23.2 Å². The van der Waals surface area contributed by atoms with Crippen molar-refractivity contribution < 1.29 is 0 Å². The summed E-state index contributed by atoms with van der Waals surface area (Å²) in [6.07, 6.45) is 4.81. The molecule has 0 saturated heterocycles. The van der Waals surface area contributed by atoms with E-state index in [2.05, 4.69) is 25.2 Å². The molecule has 17 heavy (non-hydrogen) atoms. The summed E-state index contributed by atoms with van der Waals surface area (Å²) in [6, 6.07) is 3.91. The second-order valence-electron chi connectivity index (χ2n) is 4.90. The molecule has 2 rings (SSSR count). The van der Waals surface area contributed by atoms with Crippen molar-refractivity contribution in [3.8, 4) is 0 Å². The molecule has 1 nitrogen and oxygen atoms in total. The van der Waals surface area contributed by atoms with Gasteiger partial charge in [0.05, 0.1) is 10.7 Å². The Morgan fingerprint density at radius 1 is 1.29 bits per heavy atom. The van der Waals surface area contributed by atoms with Crippen LogP contribution in [0.1, 0.15) is 45.1 Å². The zero-order valence-corrected chi connectivity index (χ0v) is 12.0. The summed E-state index contributed by atoms with van der Waals surface area (Å²) in [5, 5.41) is 4.95. The molecule has 0 saturated carbocycles. The van der Waals surface area contributed by atoms with Gasteiger partial charge in [0.2, 0.25) is 0 Å². The Kier molecular flexibility index (Phi) is 3.89. The number of rotatable bonds is 4. The van der Waals surface area contributed by atoms with Crippen molar-refractivity contribution in [1.82, 2.24) is 0 Å². The summed E-state index contributed by atoms with van der Waals surface area (Å²) in [6.45, 7) is 5.47. The molecule has 0 aliphatic carbocycles. The topological polar surface area (TPSA) is 12.0 Å². The van der Waals surface area contributed by atoms with E-state index in [0.29, 0.717) is 0 Å². The van der Waals surface area contributed by atoms with E-state index in [1.807, 2.05) is 6.07 Å². The molecule has 1 heterocycles. The number of halogens is 2. The van der Waals surface area contributed by atoms with Gasteiger partial charge >= 0.3 is 0 Å². The lowest BCUT2D eigenvalue weighted by Crippen LogP contribution is -2.27. The average Bonchev–Trinajstić information content (AvgIpc) is 2.66. The third-order valence-corrected chi connectivity index (χ3v) is 4.43. The third-order valence-electron chi connectivity index (χ3n) is 3.92. The van der Waals surface area contributed by atoms with Crippen molar-refractivity contribution in [3.63, 3.8) is 0 Å². The van der Waals surface area contributed by atoms with Gasteiger partial charge in [-0.25, -0.2) is 0 Å². The zero-order chi connectivity index (χ0) is 12.5. The van der Waals surface area contributed by atoms with E-state index in [1.54, 1.807) is 0 Å². The quantitative estimate of drug-likeness (QED) is 0.788. The first-order valence-corrected chi connectivity index (χ1v) is 7.12. The highest BCUT2D eigenvalue weighted by Gasteiger charge is 2.37. The summed E-state index contributed by atoms with van der Waals surface area (Å²) in [4.78, 5) is 0. The minimum atomic E-state index is 0.222. The summed E-state index contributed by atoms with van der Waals surface area (Å²) >= 11 is 12.4. The summed E-state index contributed by atoms with van der Waals surface area (Å²) in [5.74, 6) is 0. The Labute approximate surface area is 114 Å². The van der Waals surface area contributed by atoms with Gasteiger partial charge < -0.3 is 5.32 Å². The standard InChI is InChI=1S/C14H19Cl2N/c1-3-5-6-14(4-2)9-17-13-11(14)7-10(15)8-12(13)16/h7-8,17H,3-6,9H2,1-2H3. The number of benzene rings is 1. The third kappa shape index (κ3) is 2.28. The van der Waals surface area contributed by atoms with Gasteiger partial charge in [-0.2, -0.15) is 0 Å². The van der Waals surface area contributed by atoms with Crippen LogP contribution in [0.25, 0.3) is 0 Å². The summed E-state index contributed by atoms with van der Waals surface area (Å²) in [7, 11) is 0. The lowest BCUT2D eigenvalue weighted by molar-refractivity contribution is 0.402. The minimum absolute atomic E-state index is 0.222. The first-order chi connectivity index (χ1) is 8.13. The van der Waals surface area contributed by atoms with Gasteiger partial charge in [-0.15, -0.1) is 0 Å². The summed E-state index contributed by atoms with van der Waals surface area (Å²) < 4.78 is 0. The second kappa shape index (κ2) is 5.07. The molecule has 1 aliphatic heterocycles. The zero-order valence-electron chi connectivity index (χ0n) is 10.4. The molecule has 0 bridgehead atoms. The monoisotopic (exact) mass is 271 g/mol. The van der Waals surface area contributed by atoms with E-state index >= 15 is 0 Å². The molecule has 0 fully saturated rings. The normalized spacial score (nSPS) is 22.4. The number of unbranched alkanes of at least 4 members (excludes halogenated alkanes) is 1. The SMILES string of the molecule is CCCCC1(CC)CNc2c(Cl)cc(Cl)cc21. The van der Waals surface area contributed by atoms with Crippen molar-refractivity contribution >= 4 is 28.9 Å². The van der Waals surface area contributed by atoms with Gasteiger partial charge in [0.15, 0.2) is 0 Å². The molecular formula is C14H19Cl2N. The van der Waals surface area contributed by atoms with Crippen LogP contribution in [0.15, 0.2) is 12.1 Å². The predicted octanol–water partition coefficient (Wildman–Crippen LogP) is 5.26. The Balaban J connectivity index is 2.42.